The molecule has 1 atom stereocenters. The van der Waals surface area contributed by atoms with Gasteiger partial charge in [-0.15, -0.1) is 0 Å². The van der Waals surface area contributed by atoms with E-state index in [1.54, 1.807) is 20.4 Å². The first-order valence-corrected chi connectivity index (χ1v) is 5.10. The zero-order chi connectivity index (χ0) is 12.1. The third kappa shape index (κ3) is 3.23. The molecule has 6 heteroatoms. The summed E-state index contributed by atoms with van der Waals surface area (Å²) in [5.74, 6) is 0.0138. The predicted octanol–water partition coefficient (Wildman–Crippen LogP) is 0.0146. The molecule has 0 aliphatic carbocycles. The van der Waals surface area contributed by atoms with Crippen LogP contribution in [0.15, 0.2) is 6.20 Å². The van der Waals surface area contributed by atoms with Crippen LogP contribution in [0, 0.1) is 5.92 Å². The van der Waals surface area contributed by atoms with Crippen LogP contribution in [0.3, 0.4) is 0 Å². The Balaban J connectivity index is 2.50. The lowest BCUT2D eigenvalue weighted by Gasteiger charge is -2.10. The van der Waals surface area contributed by atoms with Crippen molar-refractivity contribution < 1.29 is 9.53 Å². The SMILES string of the molecule is COCC(C)CNC(=O)c1nn(C)cc1N. The summed E-state index contributed by atoms with van der Waals surface area (Å²) in [6.07, 6.45) is 1.60. The van der Waals surface area contributed by atoms with E-state index in [1.165, 1.54) is 4.68 Å². The highest BCUT2D eigenvalue weighted by Gasteiger charge is 2.14. The van der Waals surface area contributed by atoms with Crippen LogP contribution in [0.1, 0.15) is 17.4 Å². The number of nitrogens with two attached hydrogens (primary N) is 1. The second-order valence-corrected chi connectivity index (χ2v) is 3.88. The molecule has 0 spiro atoms. The number of carbonyl (C=O) groups is 1. The molecule has 1 aromatic rings. The number of aryl methyl sites for hydroxylation is 1. The Morgan fingerprint density at radius 1 is 1.75 bits per heavy atom. The summed E-state index contributed by atoms with van der Waals surface area (Å²) in [4.78, 5) is 11.7. The molecule has 16 heavy (non-hydrogen) atoms. The summed E-state index contributed by atoms with van der Waals surface area (Å²) in [7, 11) is 3.36. The number of hydrogen-bond donors (Lipinski definition) is 2. The molecule has 0 radical (unpaired) electrons. The number of ether oxygens (including phenoxy) is 1. The van der Waals surface area contributed by atoms with Crippen LogP contribution in [0.25, 0.3) is 0 Å². The van der Waals surface area contributed by atoms with Gasteiger partial charge in [-0.1, -0.05) is 6.92 Å². The number of hydrogen-bond acceptors (Lipinski definition) is 4. The second kappa shape index (κ2) is 5.50. The minimum Gasteiger partial charge on any atom is -0.396 e. The van der Waals surface area contributed by atoms with E-state index < -0.39 is 0 Å². The molecule has 3 N–H and O–H groups in total. The molecule has 1 heterocycles. The van der Waals surface area contributed by atoms with Crippen molar-refractivity contribution in [2.24, 2.45) is 13.0 Å². The van der Waals surface area contributed by atoms with E-state index >= 15 is 0 Å². The average Bonchev–Trinajstić information content (AvgIpc) is 2.55. The highest BCUT2D eigenvalue weighted by molar-refractivity contribution is 5.96. The normalized spacial score (nSPS) is 12.4. The van der Waals surface area contributed by atoms with Gasteiger partial charge in [0.05, 0.1) is 12.3 Å². The Bertz CT molecular complexity index is 362. The van der Waals surface area contributed by atoms with Gasteiger partial charge in [0.15, 0.2) is 5.69 Å². The van der Waals surface area contributed by atoms with E-state index in [9.17, 15) is 4.79 Å². The van der Waals surface area contributed by atoms with Gasteiger partial charge < -0.3 is 15.8 Å². The van der Waals surface area contributed by atoms with Gasteiger partial charge in [0.2, 0.25) is 0 Å². The zero-order valence-electron chi connectivity index (χ0n) is 9.86. The molecule has 1 unspecified atom stereocenters. The molecule has 0 aliphatic rings. The molecule has 0 saturated heterocycles. The van der Waals surface area contributed by atoms with Crippen LogP contribution in [0.2, 0.25) is 0 Å². The van der Waals surface area contributed by atoms with Crippen molar-refractivity contribution in [3.8, 4) is 0 Å². The maximum Gasteiger partial charge on any atom is 0.273 e. The fraction of sp³-hybridized carbons (Fsp3) is 0.600. The number of nitrogens with one attached hydrogen (secondary N) is 1. The highest BCUT2D eigenvalue weighted by Crippen LogP contribution is 2.07. The lowest BCUT2D eigenvalue weighted by Crippen LogP contribution is -2.30. The van der Waals surface area contributed by atoms with Gasteiger partial charge in [0, 0.05) is 26.9 Å². The van der Waals surface area contributed by atoms with Gasteiger partial charge in [-0.2, -0.15) is 5.10 Å². The van der Waals surface area contributed by atoms with Crippen molar-refractivity contribution in [1.82, 2.24) is 15.1 Å². The van der Waals surface area contributed by atoms with Gasteiger partial charge in [-0.25, -0.2) is 0 Å². The molecule has 1 aromatic heterocycles. The number of nitrogen functional groups attached to an aromatic ring is 1. The summed E-state index contributed by atoms with van der Waals surface area (Å²) in [6, 6.07) is 0. The summed E-state index contributed by atoms with van der Waals surface area (Å²) >= 11 is 0. The Hall–Kier alpha value is -1.56. The fourth-order valence-electron chi connectivity index (χ4n) is 1.38. The molecule has 0 aromatic carbocycles. The Kier molecular flexibility index (Phi) is 4.30. The van der Waals surface area contributed by atoms with Gasteiger partial charge in [-0.05, 0) is 5.92 Å². The third-order valence-corrected chi connectivity index (χ3v) is 2.13. The smallest absolute Gasteiger partial charge is 0.273 e. The molecule has 1 amide bonds. The minimum atomic E-state index is -0.249. The van der Waals surface area contributed by atoms with Gasteiger partial charge in [-0.3, -0.25) is 9.48 Å². The average molecular weight is 226 g/mol. The third-order valence-electron chi connectivity index (χ3n) is 2.13. The van der Waals surface area contributed by atoms with Crippen molar-refractivity contribution >= 4 is 11.6 Å². The van der Waals surface area contributed by atoms with E-state index in [1.807, 2.05) is 6.92 Å². The van der Waals surface area contributed by atoms with Gasteiger partial charge in [0.1, 0.15) is 0 Å². The monoisotopic (exact) mass is 226 g/mol. The maximum absolute atomic E-state index is 11.7. The number of aromatic nitrogens is 2. The molecule has 1 rings (SSSR count). The predicted molar refractivity (Wildman–Crippen MR) is 61.0 cm³/mol. The van der Waals surface area contributed by atoms with E-state index in [2.05, 4.69) is 10.4 Å². The molecule has 0 saturated carbocycles. The minimum absolute atomic E-state index is 0.249. The molecule has 0 bridgehead atoms. The molecule has 0 fully saturated rings. The molecule has 0 aliphatic heterocycles. The summed E-state index contributed by atoms with van der Waals surface area (Å²) in [6.45, 7) is 3.15. The Labute approximate surface area is 94.8 Å². The van der Waals surface area contributed by atoms with E-state index in [0.717, 1.165) is 0 Å². The van der Waals surface area contributed by atoms with Crippen LogP contribution < -0.4 is 11.1 Å². The van der Waals surface area contributed by atoms with Crippen LogP contribution in [-0.4, -0.2) is 35.9 Å². The van der Waals surface area contributed by atoms with Crippen LogP contribution in [0.4, 0.5) is 5.69 Å². The van der Waals surface area contributed by atoms with E-state index in [0.29, 0.717) is 18.8 Å². The van der Waals surface area contributed by atoms with Crippen molar-refractivity contribution in [2.45, 2.75) is 6.92 Å². The topological polar surface area (TPSA) is 82.2 Å². The number of rotatable bonds is 5. The van der Waals surface area contributed by atoms with Crippen molar-refractivity contribution in [1.29, 1.82) is 0 Å². The Morgan fingerprint density at radius 2 is 2.44 bits per heavy atom. The first kappa shape index (κ1) is 12.5. The van der Waals surface area contributed by atoms with Crippen LogP contribution in [0.5, 0.6) is 0 Å². The zero-order valence-corrected chi connectivity index (χ0v) is 9.86. The molecular formula is C10H18N4O2. The van der Waals surface area contributed by atoms with Gasteiger partial charge in [0.25, 0.3) is 5.91 Å². The molecular weight excluding hydrogens is 208 g/mol. The summed E-state index contributed by atoms with van der Waals surface area (Å²) < 4.78 is 6.49. The maximum atomic E-state index is 11.7. The molecule has 90 valence electrons. The lowest BCUT2D eigenvalue weighted by molar-refractivity contribution is 0.0929. The fourth-order valence-corrected chi connectivity index (χ4v) is 1.38. The standard InChI is InChI=1S/C10H18N4O2/c1-7(6-16-3)4-12-10(15)9-8(11)5-14(2)13-9/h5,7H,4,6,11H2,1-3H3,(H,12,15). The second-order valence-electron chi connectivity index (χ2n) is 3.88. The van der Waals surface area contributed by atoms with Crippen LogP contribution >= 0.6 is 0 Å². The van der Waals surface area contributed by atoms with E-state index in [4.69, 9.17) is 10.5 Å². The lowest BCUT2D eigenvalue weighted by atomic mass is 10.2. The number of anilines is 1. The quantitative estimate of drug-likeness (QED) is 0.741. The number of carbonyl (C=O) groups excluding carboxylic acids is 1. The van der Waals surface area contributed by atoms with Crippen LogP contribution in [-0.2, 0) is 11.8 Å². The number of nitrogens with zero attached hydrogens (tertiary/aromatic N) is 2. The number of amides is 1. The van der Waals surface area contributed by atoms with Gasteiger partial charge >= 0.3 is 0 Å². The van der Waals surface area contributed by atoms with Crippen molar-refractivity contribution in [3.05, 3.63) is 11.9 Å². The van der Waals surface area contributed by atoms with E-state index in [-0.39, 0.29) is 17.5 Å². The largest absolute Gasteiger partial charge is 0.396 e. The number of methoxy groups -OCH3 is 1. The molecule has 6 nitrogen and oxygen atoms in total. The first-order valence-electron chi connectivity index (χ1n) is 5.10. The first-order chi connectivity index (χ1) is 7.54. The van der Waals surface area contributed by atoms with Crippen molar-refractivity contribution in [2.75, 3.05) is 26.0 Å². The van der Waals surface area contributed by atoms with Crippen molar-refractivity contribution in [3.63, 3.8) is 0 Å². The Morgan fingerprint density at radius 3 is 2.94 bits per heavy atom. The summed E-state index contributed by atoms with van der Waals surface area (Å²) in [5, 5.41) is 6.75. The highest BCUT2D eigenvalue weighted by atomic mass is 16.5. The summed E-state index contributed by atoms with van der Waals surface area (Å²) in [5.41, 5.74) is 6.30.